The van der Waals surface area contributed by atoms with Gasteiger partial charge in [0.05, 0.1) is 18.2 Å². The van der Waals surface area contributed by atoms with Crippen LogP contribution in [-0.2, 0) is 7.05 Å². The second-order valence-electron chi connectivity index (χ2n) is 8.71. The van der Waals surface area contributed by atoms with Crippen LogP contribution in [0.5, 0.6) is 5.88 Å². The van der Waals surface area contributed by atoms with Gasteiger partial charge in [0.1, 0.15) is 11.0 Å². The van der Waals surface area contributed by atoms with Crippen molar-refractivity contribution in [3.05, 3.63) is 30.5 Å². The van der Waals surface area contributed by atoms with E-state index in [1.54, 1.807) is 16.3 Å². The Morgan fingerprint density at radius 2 is 2.06 bits per heavy atom. The fourth-order valence-electron chi connectivity index (χ4n) is 4.38. The molecule has 2 N–H and O–H groups in total. The minimum atomic E-state index is -0.523. The van der Waals surface area contributed by atoms with Gasteiger partial charge in [-0.3, -0.25) is 0 Å². The number of aryl methyl sites for hydroxylation is 1. The monoisotopic (exact) mass is 421 g/mol. The molecule has 0 saturated heterocycles. The number of fused-ring (bicyclic) bond motifs is 2. The average molecular weight is 422 g/mol. The highest BCUT2D eigenvalue weighted by molar-refractivity contribution is 5.89. The zero-order valence-corrected chi connectivity index (χ0v) is 18.0. The number of nitrogens with one attached hydrogen (secondary N) is 1. The molecule has 0 spiro atoms. The highest BCUT2D eigenvalue weighted by Crippen LogP contribution is 2.34. The topological polar surface area (TPSA) is 102 Å². The lowest BCUT2D eigenvalue weighted by molar-refractivity contribution is 0.00975. The van der Waals surface area contributed by atoms with Gasteiger partial charge in [0.15, 0.2) is 0 Å². The number of hydrogen-bond donors (Lipinski definition) is 2. The summed E-state index contributed by atoms with van der Waals surface area (Å²) in [5.41, 5.74) is 4.12. The highest BCUT2D eigenvalue weighted by atomic mass is 16.5. The normalized spacial score (nSPS) is 21.6. The summed E-state index contributed by atoms with van der Waals surface area (Å²) >= 11 is 0. The first kappa shape index (κ1) is 19.7. The number of hydrogen-bond acceptors (Lipinski definition) is 7. The molecular formula is C22H27N7O2. The quantitative estimate of drug-likeness (QED) is 0.511. The van der Waals surface area contributed by atoms with E-state index in [0.717, 1.165) is 59.9 Å². The number of aliphatic hydroxyl groups is 1. The number of rotatable bonds is 5. The average Bonchev–Trinajstić information content (AvgIpc) is 3.36. The fourth-order valence-corrected chi connectivity index (χ4v) is 4.38. The third-order valence-electron chi connectivity index (χ3n) is 6.33. The minimum Gasteiger partial charge on any atom is -0.479 e. The van der Waals surface area contributed by atoms with Crippen molar-refractivity contribution in [3.8, 4) is 17.0 Å². The standard InChI is InChI=1S/C22H27N7O2/c1-22(30)9-6-14(7-10-22)13-23-21-24-20(31-3)19-16(8-11-29(19)26-21)15-4-5-17-18(12-15)28(2)27-25-17/h4-5,8,11-12,14,30H,6-7,9-10,13H2,1-3H3,(H,23,26). The van der Waals surface area contributed by atoms with Crippen molar-refractivity contribution in [2.24, 2.45) is 13.0 Å². The van der Waals surface area contributed by atoms with Crippen LogP contribution in [0.15, 0.2) is 30.5 Å². The van der Waals surface area contributed by atoms with Crippen LogP contribution in [0.2, 0.25) is 0 Å². The maximum absolute atomic E-state index is 10.1. The van der Waals surface area contributed by atoms with E-state index in [0.29, 0.717) is 17.7 Å². The van der Waals surface area contributed by atoms with E-state index in [9.17, 15) is 5.11 Å². The zero-order valence-electron chi connectivity index (χ0n) is 18.0. The van der Waals surface area contributed by atoms with E-state index in [1.807, 2.05) is 38.4 Å². The van der Waals surface area contributed by atoms with E-state index in [1.165, 1.54) is 0 Å². The molecule has 1 saturated carbocycles. The predicted octanol–water partition coefficient (Wildman–Crippen LogP) is 3.04. The summed E-state index contributed by atoms with van der Waals surface area (Å²) in [5.74, 6) is 1.56. The number of anilines is 1. The minimum absolute atomic E-state index is 0.505. The first-order valence-corrected chi connectivity index (χ1v) is 10.6. The van der Waals surface area contributed by atoms with E-state index in [4.69, 9.17) is 4.74 Å². The van der Waals surface area contributed by atoms with Gasteiger partial charge in [0, 0.05) is 25.4 Å². The van der Waals surface area contributed by atoms with Gasteiger partial charge in [-0.25, -0.2) is 9.20 Å². The van der Waals surface area contributed by atoms with Gasteiger partial charge in [-0.1, -0.05) is 11.3 Å². The molecule has 1 fully saturated rings. The van der Waals surface area contributed by atoms with Crippen LogP contribution in [0.1, 0.15) is 32.6 Å². The Bertz CT molecular complexity index is 1230. The summed E-state index contributed by atoms with van der Waals surface area (Å²) < 4.78 is 9.20. The van der Waals surface area contributed by atoms with E-state index in [2.05, 4.69) is 31.8 Å². The van der Waals surface area contributed by atoms with Crippen molar-refractivity contribution in [1.29, 1.82) is 0 Å². The van der Waals surface area contributed by atoms with Gasteiger partial charge in [-0.2, -0.15) is 4.98 Å². The van der Waals surface area contributed by atoms with Crippen molar-refractivity contribution < 1.29 is 9.84 Å². The summed E-state index contributed by atoms with van der Waals surface area (Å²) in [6, 6.07) is 8.07. The number of benzene rings is 1. The van der Waals surface area contributed by atoms with Gasteiger partial charge in [-0.05, 0) is 62.3 Å². The van der Waals surface area contributed by atoms with Gasteiger partial charge in [0.2, 0.25) is 11.8 Å². The van der Waals surface area contributed by atoms with Gasteiger partial charge in [0.25, 0.3) is 0 Å². The second kappa shape index (κ2) is 7.49. The van der Waals surface area contributed by atoms with Crippen molar-refractivity contribution in [2.45, 2.75) is 38.2 Å². The molecule has 4 aromatic rings. The number of aromatic nitrogens is 6. The lowest BCUT2D eigenvalue weighted by atomic mass is 9.80. The number of methoxy groups -OCH3 is 1. The van der Waals surface area contributed by atoms with Crippen LogP contribution in [0.4, 0.5) is 5.95 Å². The molecular weight excluding hydrogens is 394 g/mol. The van der Waals surface area contributed by atoms with Crippen LogP contribution < -0.4 is 10.1 Å². The maximum Gasteiger partial charge on any atom is 0.244 e. The SMILES string of the molecule is COc1nc(NCC2CCC(C)(O)CC2)nn2ccc(-c3ccc4nnn(C)c4c3)c12. The molecule has 9 nitrogen and oxygen atoms in total. The highest BCUT2D eigenvalue weighted by Gasteiger charge is 2.28. The van der Waals surface area contributed by atoms with Crippen molar-refractivity contribution in [3.63, 3.8) is 0 Å². The van der Waals surface area contributed by atoms with Crippen molar-refractivity contribution in [2.75, 3.05) is 19.0 Å². The second-order valence-corrected chi connectivity index (χ2v) is 8.71. The Labute approximate surface area is 180 Å². The summed E-state index contributed by atoms with van der Waals surface area (Å²) in [5, 5.41) is 26.4. The predicted molar refractivity (Wildman–Crippen MR) is 118 cm³/mol. The lowest BCUT2D eigenvalue weighted by Gasteiger charge is -2.33. The lowest BCUT2D eigenvalue weighted by Crippen LogP contribution is -2.32. The molecule has 9 heteroatoms. The molecule has 31 heavy (non-hydrogen) atoms. The largest absolute Gasteiger partial charge is 0.479 e. The summed E-state index contributed by atoms with van der Waals surface area (Å²) in [7, 11) is 3.51. The van der Waals surface area contributed by atoms with E-state index >= 15 is 0 Å². The number of nitrogens with zero attached hydrogens (tertiary/aromatic N) is 6. The van der Waals surface area contributed by atoms with Crippen LogP contribution in [0, 0.1) is 5.92 Å². The Balaban J connectivity index is 1.43. The molecule has 1 aromatic carbocycles. The molecule has 3 aromatic heterocycles. The fraction of sp³-hybridized carbons (Fsp3) is 0.455. The van der Waals surface area contributed by atoms with Gasteiger partial charge < -0.3 is 15.2 Å². The molecule has 3 heterocycles. The zero-order chi connectivity index (χ0) is 21.6. The van der Waals surface area contributed by atoms with Crippen LogP contribution in [0.25, 0.3) is 27.7 Å². The molecule has 0 aliphatic heterocycles. The van der Waals surface area contributed by atoms with Crippen molar-refractivity contribution >= 4 is 22.5 Å². The molecule has 0 amide bonds. The smallest absolute Gasteiger partial charge is 0.244 e. The number of ether oxygens (including phenoxy) is 1. The summed E-state index contributed by atoms with van der Waals surface area (Å²) in [6.07, 6.45) is 5.58. The third-order valence-corrected chi connectivity index (χ3v) is 6.33. The maximum atomic E-state index is 10.1. The van der Waals surface area contributed by atoms with Crippen molar-refractivity contribution in [1.82, 2.24) is 29.6 Å². The Kier molecular flexibility index (Phi) is 4.77. The molecule has 0 bridgehead atoms. The Morgan fingerprint density at radius 3 is 2.84 bits per heavy atom. The molecule has 0 atom stereocenters. The molecule has 162 valence electrons. The first-order valence-electron chi connectivity index (χ1n) is 10.6. The van der Waals surface area contributed by atoms with Crippen LogP contribution in [0.3, 0.4) is 0 Å². The third kappa shape index (κ3) is 3.69. The summed E-state index contributed by atoms with van der Waals surface area (Å²) in [4.78, 5) is 4.62. The van der Waals surface area contributed by atoms with E-state index < -0.39 is 5.60 Å². The molecule has 0 unspecified atom stereocenters. The molecule has 1 aliphatic rings. The van der Waals surface area contributed by atoms with Crippen LogP contribution in [-0.4, -0.2) is 54.0 Å². The van der Waals surface area contributed by atoms with Gasteiger partial charge in [-0.15, -0.1) is 10.2 Å². The van der Waals surface area contributed by atoms with E-state index in [-0.39, 0.29) is 0 Å². The first-order chi connectivity index (χ1) is 14.9. The molecule has 0 radical (unpaired) electrons. The Hall–Kier alpha value is -3.20. The van der Waals surface area contributed by atoms with Gasteiger partial charge >= 0.3 is 0 Å². The van der Waals surface area contributed by atoms with Crippen LogP contribution >= 0.6 is 0 Å². The molecule has 1 aliphatic carbocycles. The Morgan fingerprint density at radius 1 is 1.26 bits per heavy atom. The molecule has 5 rings (SSSR count). The summed E-state index contributed by atoms with van der Waals surface area (Å²) in [6.45, 7) is 2.70.